The maximum atomic E-state index is 10.2. The molecule has 158 valence electrons. The lowest BCUT2D eigenvalue weighted by Gasteiger charge is -2.61. The van der Waals surface area contributed by atoms with Crippen molar-refractivity contribution >= 4 is 0 Å². The van der Waals surface area contributed by atoms with E-state index < -0.39 is 0 Å². The lowest BCUT2D eigenvalue weighted by molar-refractivity contribution is -0.128. The third-order valence-corrected chi connectivity index (χ3v) is 10.3. The molecule has 0 heterocycles. The van der Waals surface area contributed by atoms with Crippen LogP contribution in [0, 0.1) is 46.3 Å². The summed E-state index contributed by atoms with van der Waals surface area (Å²) < 4.78 is 0. The monoisotopic (exact) mass is 384 g/mol. The third-order valence-electron chi connectivity index (χ3n) is 10.3. The Bertz CT molecular complexity index is 620. The van der Waals surface area contributed by atoms with E-state index in [2.05, 4.69) is 46.4 Å². The van der Waals surface area contributed by atoms with Gasteiger partial charge in [0.25, 0.3) is 0 Å². The van der Waals surface area contributed by atoms with Gasteiger partial charge in [-0.05, 0) is 117 Å². The van der Waals surface area contributed by atoms with E-state index in [0.717, 1.165) is 48.9 Å². The summed E-state index contributed by atoms with van der Waals surface area (Å²) in [6.07, 6.45) is 17.9. The smallest absolute Gasteiger partial charge is 0.0543 e. The van der Waals surface area contributed by atoms with E-state index in [1.54, 1.807) is 0 Å². The van der Waals surface area contributed by atoms with Crippen LogP contribution in [0.2, 0.25) is 0 Å². The molecule has 9 atom stereocenters. The number of aliphatic hydroxyl groups is 1. The molecule has 0 spiro atoms. The predicted octanol–water partition coefficient (Wildman–Crippen LogP) is 7.16. The van der Waals surface area contributed by atoms with E-state index in [0.29, 0.717) is 16.7 Å². The summed E-state index contributed by atoms with van der Waals surface area (Å²) in [6, 6.07) is 0. The lowest BCUT2D eigenvalue weighted by Crippen LogP contribution is -2.54. The van der Waals surface area contributed by atoms with Crippen LogP contribution >= 0.6 is 0 Å². The van der Waals surface area contributed by atoms with E-state index >= 15 is 0 Å². The van der Waals surface area contributed by atoms with Crippen LogP contribution < -0.4 is 0 Å². The third kappa shape index (κ3) is 3.34. The van der Waals surface area contributed by atoms with Crippen LogP contribution in [0.25, 0.3) is 0 Å². The predicted molar refractivity (Wildman–Crippen MR) is 119 cm³/mol. The molecule has 0 saturated heterocycles. The van der Waals surface area contributed by atoms with Crippen molar-refractivity contribution in [2.45, 2.75) is 98.0 Å². The van der Waals surface area contributed by atoms with E-state index in [1.165, 1.54) is 50.5 Å². The molecular weight excluding hydrogens is 340 g/mol. The molecular formula is C27H44O. The summed E-state index contributed by atoms with van der Waals surface area (Å²) in [5.74, 6) is 5.15. The molecule has 0 aromatic rings. The fraction of sp³-hybridized carbons (Fsp3) is 0.852. The largest absolute Gasteiger partial charge is 0.393 e. The first-order valence-electron chi connectivity index (χ1n) is 12.2. The first-order chi connectivity index (χ1) is 13.3. The van der Waals surface area contributed by atoms with Gasteiger partial charge < -0.3 is 5.11 Å². The Balaban J connectivity index is 1.50. The van der Waals surface area contributed by atoms with Crippen LogP contribution in [-0.4, -0.2) is 11.2 Å². The lowest BCUT2D eigenvalue weighted by atomic mass is 9.44. The Morgan fingerprint density at radius 2 is 1.75 bits per heavy atom. The van der Waals surface area contributed by atoms with Gasteiger partial charge >= 0.3 is 0 Å². The molecule has 1 heteroatoms. The number of hydrogen-bond acceptors (Lipinski definition) is 1. The molecule has 0 amide bonds. The van der Waals surface area contributed by atoms with E-state index in [-0.39, 0.29) is 6.10 Å². The fourth-order valence-corrected chi connectivity index (χ4v) is 8.76. The molecule has 4 saturated carbocycles. The highest BCUT2D eigenvalue weighted by atomic mass is 16.3. The Labute approximate surface area is 174 Å². The minimum atomic E-state index is -0.0221. The van der Waals surface area contributed by atoms with Crippen molar-refractivity contribution in [1.82, 2.24) is 0 Å². The summed E-state index contributed by atoms with van der Waals surface area (Å²) >= 11 is 0. The van der Waals surface area contributed by atoms with Crippen LogP contribution in [0.15, 0.2) is 24.3 Å². The highest BCUT2D eigenvalue weighted by molar-refractivity contribution is 5.11. The molecule has 0 radical (unpaired) electrons. The van der Waals surface area contributed by atoms with Crippen LogP contribution in [0.3, 0.4) is 0 Å². The molecule has 0 aromatic carbocycles. The van der Waals surface area contributed by atoms with E-state index in [1.807, 2.05) is 0 Å². The highest BCUT2D eigenvalue weighted by Gasteiger charge is 2.60. The maximum Gasteiger partial charge on any atom is 0.0543 e. The number of aliphatic hydroxyl groups excluding tert-OH is 1. The van der Waals surface area contributed by atoms with Gasteiger partial charge in [-0.2, -0.15) is 0 Å². The first-order valence-corrected chi connectivity index (χ1v) is 12.2. The van der Waals surface area contributed by atoms with Crippen molar-refractivity contribution in [2.75, 3.05) is 0 Å². The highest BCUT2D eigenvalue weighted by Crippen LogP contribution is 2.68. The number of rotatable bonds is 4. The second-order valence-corrected chi connectivity index (χ2v) is 11.8. The Morgan fingerprint density at radius 3 is 2.50 bits per heavy atom. The van der Waals surface area contributed by atoms with Gasteiger partial charge in [-0.1, -0.05) is 45.1 Å². The molecule has 9 unspecified atom stereocenters. The fourth-order valence-electron chi connectivity index (χ4n) is 8.76. The minimum Gasteiger partial charge on any atom is -0.393 e. The second-order valence-electron chi connectivity index (χ2n) is 11.8. The van der Waals surface area contributed by atoms with Gasteiger partial charge in [-0.25, -0.2) is 0 Å². The molecule has 4 aliphatic carbocycles. The van der Waals surface area contributed by atoms with E-state index in [4.69, 9.17) is 0 Å². The van der Waals surface area contributed by atoms with Crippen LogP contribution in [-0.2, 0) is 0 Å². The molecule has 0 aliphatic heterocycles. The zero-order chi connectivity index (χ0) is 20.1. The molecule has 4 rings (SSSR count). The number of hydrogen-bond donors (Lipinski definition) is 1. The van der Waals surface area contributed by atoms with Crippen molar-refractivity contribution in [2.24, 2.45) is 46.3 Å². The van der Waals surface area contributed by atoms with Gasteiger partial charge in [-0.3, -0.25) is 0 Å². The zero-order valence-electron chi connectivity index (χ0n) is 18.9. The summed E-state index contributed by atoms with van der Waals surface area (Å²) in [5, 5.41) is 10.2. The minimum absolute atomic E-state index is 0.0221. The summed E-state index contributed by atoms with van der Waals surface area (Å²) in [5.41, 5.74) is 2.32. The molecule has 1 nitrogen and oxygen atoms in total. The molecule has 28 heavy (non-hydrogen) atoms. The van der Waals surface area contributed by atoms with Crippen molar-refractivity contribution in [3.8, 4) is 0 Å². The molecule has 4 aliphatic rings. The van der Waals surface area contributed by atoms with Crippen molar-refractivity contribution < 1.29 is 5.11 Å². The average Bonchev–Trinajstić information content (AvgIpc) is 2.99. The normalized spacial score (nSPS) is 49.3. The standard InChI is InChI=1S/C27H44O/c1-18(2)7-6-8-19(3)23-11-12-24-22-10-9-20-17-21(28)13-15-26(20,4)25(22)14-16-27(23,24)5/h6,8,19-25,28H,1,7,9-17H2,2-5H3. The summed E-state index contributed by atoms with van der Waals surface area (Å²) in [4.78, 5) is 0. The topological polar surface area (TPSA) is 20.2 Å². The molecule has 1 N–H and O–H groups in total. The quantitative estimate of drug-likeness (QED) is 0.510. The second kappa shape index (κ2) is 7.60. The Hall–Kier alpha value is -0.560. The average molecular weight is 385 g/mol. The SMILES string of the molecule is C=C(C)CC=CC(C)C1CCC2C3CCC4CC(O)CCC4(C)C3CCC12C. The summed E-state index contributed by atoms with van der Waals surface area (Å²) in [6.45, 7) is 13.9. The van der Waals surface area contributed by atoms with Crippen LogP contribution in [0.5, 0.6) is 0 Å². The van der Waals surface area contributed by atoms with Gasteiger partial charge in [0.15, 0.2) is 0 Å². The van der Waals surface area contributed by atoms with Crippen LogP contribution in [0.1, 0.15) is 91.9 Å². The van der Waals surface area contributed by atoms with Gasteiger partial charge in [-0.15, -0.1) is 0 Å². The van der Waals surface area contributed by atoms with Gasteiger partial charge in [0.1, 0.15) is 0 Å². The van der Waals surface area contributed by atoms with Crippen molar-refractivity contribution in [3.05, 3.63) is 24.3 Å². The van der Waals surface area contributed by atoms with E-state index in [9.17, 15) is 5.11 Å². The molecule has 4 fully saturated rings. The Morgan fingerprint density at radius 1 is 1.04 bits per heavy atom. The van der Waals surface area contributed by atoms with Gasteiger partial charge in [0.05, 0.1) is 6.10 Å². The number of allylic oxidation sites excluding steroid dienone is 3. The van der Waals surface area contributed by atoms with Crippen molar-refractivity contribution in [1.29, 1.82) is 0 Å². The maximum absolute atomic E-state index is 10.2. The molecule has 0 aromatic heterocycles. The molecule has 0 bridgehead atoms. The van der Waals surface area contributed by atoms with Gasteiger partial charge in [0.2, 0.25) is 0 Å². The van der Waals surface area contributed by atoms with Gasteiger partial charge in [0, 0.05) is 0 Å². The zero-order valence-corrected chi connectivity index (χ0v) is 18.9. The first kappa shape index (κ1) is 20.7. The summed E-state index contributed by atoms with van der Waals surface area (Å²) in [7, 11) is 0. The Kier molecular flexibility index (Phi) is 5.62. The van der Waals surface area contributed by atoms with Crippen molar-refractivity contribution in [3.63, 3.8) is 0 Å². The van der Waals surface area contributed by atoms with Crippen LogP contribution in [0.4, 0.5) is 0 Å². The number of fused-ring (bicyclic) bond motifs is 5.